The highest BCUT2D eigenvalue weighted by Gasteiger charge is 2.04. The highest BCUT2D eigenvalue weighted by molar-refractivity contribution is 7.08. The lowest BCUT2D eigenvalue weighted by atomic mass is 10.3. The second-order valence-corrected chi connectivity index (χ2v) is 4.87. The van der Waals surface area contributed by atoms with Crippen LogP contribution in [0.3, 0.4) is 0 Å². The average molecular weight is 273 g/mol. The van der Waals surface area contributed by atoms with E-state index >= 15 is 0 Å². The molecule has 1 aromatic heterocycles. The zero-order valence-corrected chi connectivity index (χ0v) is 11.7. The molecule has 0 bridgehead atoms. The van der Waals surface area contributed by atoms with Crippen molar-refractivity contribution in [1.82, 2.24) is 0 Å². The summed E-state index contributed by atoms with van der Waals surface area (Å²) in [7, 11) is 0. The summed E-state index contributed by atoms with van der Waals surface area (Å²) in [5.41, 5.74) is 1.04. The number of rotatable bonds is 11. The fourth-order valence-corrected chi connectivity index (χ4v) is 1.96. The quantitative estimate of drug-likeness (QED) is 0.608. The van der Waals surface area contributed by atoms with E-state index in [0.717, 1.165) is 25.1 Å². The summed E-state index contributed by atoms with van der Waals surface area (Å²) in [5, 5.41) is 16.8. The van der Waals surface area contributed by atoms with E-state index in [9.17, 15) is 5.11 Å². The van der Waals surface area contributed by atoms with Crippen LogP contribution in [0.25, 0.3) is 0 Å². The van der Waals surface area contributed by atoms with Crippen molar-refractivity contribution in [3.63, 3.8) is 0 Å². The zero-order chi connectivity index (χ0) is 13.1. The summed E-state index contributed by atoms with van der Waals surface area (Å²) >= 11 is 1.63. The van der Waals surface area contributed by atoms with Crippen molar-refractivity contribution in [2.24, 2.45) is 0 Å². The third kappa shape index (κ3) is 7.66. The van der Waals surface area contributed by atoms with Crippen molar-refractivity contribution in [2.75, 3.05) is 38.3 Å². The van der Waals surface area contributed by atoms with E-state index in [1.54, 1.807) is 11.3 Å². The Morgan fingerprint density at radius 2 is 2.17 bits per heavy atom. The summed E-state index contributed by atoms with van der Waals surface area (Å²) in [6, 6.07) is 1.99. The Labute approximate surface area is 113 Å². The number of nitrogens with one attached hydrogen (secondary N) is 1. The van der Waals surface area contributed by atoms with E-state index in [2.05, 4.69) is 12.2 Å². The van der Waals surface area contributed by atoms with Crippen LogP contribution in [0.5, 0.6) is 0 Å². The molecule has 0 fully saturated rings. The van der Waals surface area contributed by atoms with Crippen LogP contribution in [-0.2, 0) is 9.47 Å². The predicted molar refractivity (Wildman–Crippen MR) is 75.4 cm³/mol. The Kier molecular flexibility index (Phi) is 8.85. The van der Waals surface area contributed by atoms with Crippen LogP contribution in [0.2, 0.25) is 0 Å². The molecule has 0 saturated heterocycles. The Balaban J connectivity index is 1.89. The molecule has 1 heterocycles. The summed E-state index contributed by atoms with van der Waals surface area (Å²) in [4.78, 5) is 0. The van der Waals surface area contributed by atoms with Crippen LogP contribution < -0.4 is 5.32 Å². The summed E-state index contributed by atoms with van der Waals surface area (Å²) in [6.45, 7) is 4.92. The molecule has 0 saturated carbocycles. The normalized spacial score (nSPS) is 12.6. The molecule has 1 rings (SSSR count). The maximum Gasteiger partial charge on any atom is 0.0945 e. The molecule has 0 amide bonds. The standard InChI is InChI=1S/C13H23NO3S/c1-2-3-5-16-6-7-17-10-13(15)9-14-12-4-8-18-11-12/h4,8,11,13-15H,2-3,5-7,9-10H2,1H3. The van der Waals surface area contributed by atoms with E-state index in [1.165, 1.54) is 0 Å². The zero-order valence-electron chi connectivity index (χ0n) is 10.9. The number of hydrogen-bond acceptors (Lipinski definition) is 5. The van der Waals surface area contributed by atoms with Crippen LogP contribution >= 0.6 is 11.3 Å². The van der Waals surface area contributed by atoms with E-state index in [-0.39, 0.29) is 0 Å². The smallest absolute Gasteiger partial charge is 0.0945 e. The van der Waals surface area contributed by atoms with Gasteiger partial charge in [-0.15, -0.1) is 0 Å². The topological polar surface area (TPSA) is 50.7 Å². The molecular weight excluding hydrogens is 250 g/mol. The first-order valence-corrected chi connectivity index (χ1v) is 7.36. The van der Waals surface area contributed by atoms with Crippen molar-refractivity contribution in [3.8, 4) is 0 Å². The highest BCUT2D eigenvalue weighted by atomic mass is 32.1. The van der Waals surface area contributed by atoms with Gasteiger partial charge in [-0.2, -0.15) is 11.3 Å². The van der Waals surface area contributed by atoms with Gasteiger partial charge in [0.1, 0.15) is 0 Å². The fraction of sp³-hybridized carbons (Fsp3) is 0.692. The molecule has 5 heteroatoms. The van der Waals surface area contributed by atoms with Gasteiger partial charge in [0, 0.05) is 24.2 Å². The number of anilines is 1. The van der Waals surface area contributed by atoms with Crippen molar-refractivity contribution in [3.05, 3.63) is 16.8 Å². The van der Waals surface area contributed by atoms with E-state index in [0.29, 0.717) is 26.4 Å². The Hall–Kier alpha value is -0.620. The lowest BCUT2D eigenvalue weighted by Gasteiger charge is -2.12. The van der Waals surface area contributed by atoms with Gasteiger partial charge in [-0.05, 0) is 17.9 Å². The van der Waals surface area contributed by atoms with Gasteiger partial charge in [-0.25, -0.2) is 0 Å². The minimum Gasteiger partial charge on any atom is -0.389 e. The van der Waals surface area contributed by atoms with Gasteiger partial charge in [-0.3, -0.25) is 0 Å². The van der Waals surface area contributed by atoms with Gasteiger partial charge >= 0.3 is 0 Å². The van der Waals surface area contributed by atoms with Gasteiger partial charge < -0.3 is 19.9 Å². The minimum atomic E-state index is -0.486. The lowest BCUT2D eigenvalue weighted by Crippen LogP contribution is -2.25. The SMILES string of the molecule is CCCCOCCOCC(O)CNc1ccsc1. The van der Waals surface area contributed by atoms with Crippen LogP contribution in [0.4, 0.5) is 5.69 Å². The maximum absolute atomic E-state index is 9.66. The van der Waals surface area contributed by atoms with E-state index < -0.39 is 6.10 Å². The maximum atomic E-state index is 9.66. The number of ether oxygens (including phenoxy) is 2. The van der Waals surface area contributed by atoms with Crippen LogP contribution in [-0.4, -0.2) is 44.2 Å². The Morgan fingerprint density at radius 1 is 1.33 bits per heavy atom. The summed E-state index contributed by atoms with van der Waals surface area (Å²) < 4.78 is 10.7. The second kappa shape index (κ2) is 10.3. The number of hydrogen-bond donors (Lipinski definition) is 2. The van der Waals surface area contributed by atoms with E-state index in [4.69, 9.17) is 9.47 Å². The second-order valence-electron chi connectivity index (χ2n) is 4.09. The van der Waals surface area contributed by atoms with Gasteiger partial charge in [0.2, 0.25) is 0 Å². The number of unbranched alkanes of at least 4 members (excludes halogenated alkanes) is 1. The van der Waals surface area contributed by atoms with Crippen molar-refractivity contribution in [2.45, 2.75) is 25.9 Å². The molecule has 1 unspecified atom stereocenters. The highest BCUT2D eigenvalue weighted by Crippen LogP contribution is 2.11. The number of aliphatic hydroxyl groups is 1. The van der Waals surface area contributed by atoms with Crippen LogP contribution in [0.1, 0.15) is 19.8 Å². The van der Waals surface area contributed by atoms with Gasteiger partial charge in [0.15, 0.2) is 0 Å². The monoisotopic (exact) mass is 273 g/mol. The number of thiophene rings is 1. The molecule has 0 radical (unpaired) electrons. The third-order valence-corrected chi connectivity index (χ3v) is 3.07. The average Bonchev–Trinajstić information content (AvgIpc) is 2.88. The van der Waals surface area contributed by atoms with Crippen molar-refractivity contribution in [1.29, 1.82) is 0 Å². The minimum absolute atomic E-state index is 0.342. The molecule has 4 nitrogen and oxygen atoms in total. The van der Waals surface area contributed by atoms with Gasteiger partial charge in [0.25, 0.3) is 0 Å². The molecule has 0 aromatic carbocycles. The van der Waals surface area contributed by atoms with E-state index in [1.807, 2.05) is 16.8 Å². The van der Waals surface area contributed by atoms with Crippen LogP contribution in [0, 0.1) is 0 Å². The number of aliphatic hydroxyl groups excluding tert-OH is 1. The first kappa shape index (κ1) is 15.4. The van der Waals surface area contributed by atoms with Gasteiger partial charge in [-0.1, -0.05) is 13.3 Å². The summed E-state index contributed by atoms with van der Waals surface area (Å²) in [6.07, 6.45) is 1.75. The molecule has 18 heavy (non-hydrogen) atoms. The Bertz CT molecular complexity index is 280. The molecule has 1 aromatic rings. The lowest BCUT2D eigenvalue weighted by molar-refractivity contribution is 0.00749. The van der Waals surface area contributed by atoms with Crippen LogP contribution in [0.15, 0.2) is 16.8 Å². The first-order valence-electron chi connectivity index (χ1n) is 6.42. The summed E-state index contributed by atoms with van der Waals surface area (Å²) in [5.74, 6) is 0. The van der Waals surface area contributed by atoms with Crippen molar-refractivity contribution >= 4 is 17.0 Å². The largest absolute Gasteiger partial charge is 0.389 e. The molecule has 0 aliphatic rings. The first-order chi connectivity index (χ1) is 8.83. The fourth-order valence-electron chi connectivity index (χ4n) is 1.35. The molecule has 0 spiro atoms. The molecule has 0 aliphatic carbocycles. The Morgan fingerprint density at radius 3 is 2.89 bits per heavy atom. The molecule has 104 valence electrons. The molecule has 1 atom stereocenters. The molecular formula is C13H23NO3S. The molecule has 2 N–H and O–H groups in total. The van der Waals surface area contributed by atoms with Gasteiger partial charge in [0.05, 0.1) is 25.9 Å². The third-order valence-electron chi connectivity index (χ3n) is 2.39. The predicted octanol–water partition coefficient (Wildman–Crippen LogP) is 2.35. The van der Waals surface area contributed by atoms with Crippen molar-refractivity contribution < 1.29 is 14.6 Å². The molecule has 0 aliphatic heterocycles.